The predicted octanol–water partition coefficient (Wildman–Crippen LogP) is 4.18. The molecule has 0 unspecified atom stereocenters. The van der Waals surface area contributed by atoms with Crippen LogP contribution in [0, 0.1) is 10.1 Å². The molecule has 0 bridgehead atoms. The average molecular weight is 358 g/mol. The third kappa shape index (κ3) is 6.43. The molecule has 2 aromatic rings. The van der Waals surface area contributed by atoms with Gasteiger partial charge in [0.25, 0.3) is 11.6 Å². The Bertz CT molecular complexity index is 714. The van der Waals surface area contributed by atoms with Crippen LogP contribution in [0.1, 0.15) is 26.2 Å². The number of carbonyl (C=O) groups excluding carboxylic acids is 1. The summed E-state index contributed by atoms with van der Waals surface area (Å²) < 4.78 is 11.0. The Morgan fingerprint density at radius 3 is 2.19 bits per heavy atom. The van der Waals surface area contributed by atoms with Crippen molar-refractivity contribution in [2.45, 2.75) is 26.2 Å². The fourth-order valence-corrected chi connectivity index (χ4v) is 2.19. The normalized spacial score (nSPS) is 10.2. The summed E-state index contributed by atoms with van der Waals surface area (Å²) in [5.41, 5.74) is 0.441. The van der Waals surface area contributed by atoms with Crippen molar-refractivity contribution in [1.82, 2.24) is 0 Å². The number of non-ortho nitro benzene ring substituents is 1. The van der Waals surface area contributed by atoms with E-state index in [0.717, 1.165) is 25.0 Å². The first-order chi connectivity index (χ1) is 12.6. The minimum absolute atomic E-state index is 0.0312. The first kappa shape index (κ1) is 19.2. The fraction of sp³-hybridized carbons (Fsp3) is 0.316. The highest BCUT2D eigenvalue weighted by molar-refractivity contribution is 5.91. The molecular weight excluding hydrogens is 336 g/mol. The van der Waals surface area contributed by atoms with Crippen molar-refractivity contribution in [3.05, 3.63) is 58.6 Å². The van der Waals surface area contributed by atoms with Crippen LogP contribution in [0.3, 0.4) is 0 Å². The number of amides is 1. The molecule has 0 spiro atoms. The highest BCUT2D eigenvalue weighted by Gasteiger charge is 2.07. The van der Waals surface area contributed by atoms with E-state index in [2.05, 4.69) is 12.2 Å². The molecule has 0 atom stereocenters. The van der Waals surface area contributed by atoms with Gasteiger partial charge in [0.15, 0.2) is 6.61 Å². The number of hydrogen-bond acceptors (Lipinski definition) is 5. The smallest absolute Gasteiger partial charge is 0.269 e. The summed E-state index contributed by atoms with van der Waals surface area (Å²) in [7, 11) is 0. The maximum absolute atomic E-state index is 11.9. The second kappa shape index (κ2) is 10.0. The zero-order valence-corrected chi connectivity index (χ0v) is 14.6. The van der Waals surface area contributed by atoms with Gasteiger partial charge in [0, 0.05) is 17.8 Å². The number of nitro groups is 1. The maximum Gasteiger partial charge on any atom is 0.269 e. The summed E-state index contributed by atoms with van der Waals surface area (Å²) >= 11 is 0. The van der Waals surface area contributed by atoms with Crippen molar-refractivity contribution >= 4 is 17.3 Å². The van der Waals surface area contributed by atoms with Crippen LogP contribution in [-0.4, -0.2) is 24.0 Å². The molecule has 138 valence electrons. The molecule has 0 aliphatic rings. The van der Waals surface area contributed by atoms with Gasteiger partial charge in [-0.2, -0.15) is 0 Å². The number of ether oxygens (including phenoxy) is 2. The van der Waals surface area contributed by atoms with Gasteiger partial charge in [-0.25, -0.2) is 0 Å². The number of nitro benzene ring substituents is 1. The molecule has 0 aliphatic carbocycles. The molecular formula is C19H22N2O5. The highest BCUT2D eigenvalue weighted by atomic mass is 16.6. The van der Waals surface area contributed by atoms with Gasteiger partial charge in [-0.05, 0) is 42.8 Å². The maximum atomic E-state index is 11.9. The lowest BCUT2D eigenvalue weighted by Crippen LogP contribution is -2.20. The lowest BCUT2D eigenvalue weighted by atomic mass is 10.3. The Kier molecular flexibility index (Phi) is 7.42. The third-order valence-corrected chi connectivity index (χ3v) is 3.57. The minimum Gasteiger partial charge on any atom is -0.494 e. The van der Waals surface area contributed by atoms with Gasteiger partial charge in [-0.1, -0.05) is 19.8 Å². The van der Waals surface area contributed by atoms with E-state index < -0.39 is 4.92 Å². The SMILES string of the molecule is CCCCCOc1ccc(OCC(=O)Nc2ccc([N+](=O)[O-])cc2)cc1. The molecule has 2 rings (SSSR count). The first-order valence-corrected chi connectivity index (χ1v) is 8.48. The van der Waals surface area contributed by atoms with Gasteiger partial charge < -0.3 is 14.8 Å². The molecule has 0 heterocycles. The van der Waals surface area contributed by atoms with Crippen LogP contribution in [-0.2, 0) is 4.79 Å². The van der Waals surface area contributed by atoms with Gasteiger partial charge in [0.1, 0.15) is 11.5 Å². The summed E-state index contributed by atoms with van der Waals surface area (Å²) in [5.74, 6) is 0.979. The van der Waals surface area contributed by atoms with Crippen LogP contribution >= 0.6 is 0 Å². The summed E-state index contributed by atoms with van der Waals surface area (Å²) in [4.78, 5) is 22.0. The molecule has 0 aliphatic heterocycles. The fourth-order valence-electron chi connectivity index (χ4n) is 2.19. The monoisotopic (exact) mass is 358 g/mol. The van der Waals surface area contributed by atoms with E-state index in [1.54, 1.807) is 24.3 Å². The van der Waals surface area contributed by atoms with E-state index in [9.17, 15) is 14.9 Å². The average Bonchev–Trinajstić information content (AvgIpc) is 2.65. The molecule has 0 radical (unpaired) electrons. The van der Waals surface area contributed by atoms with E-state index >= 15 is 0 Å². The number of nitrogens with zero attached hydrogens (tertiary/aromatic N) is 1. The first-order valence-electron chi connectivity index (χ1n) is 8.48. The molecule has 0 saturated heterocycles. The van der Waals surface area contributed by atoms with Crippen LogP contribution in [0.4, 0.5) is 11.4 Å². The van der Waals surface area contributed by atoms with Crippen molar-refractivity contribution < 1.29 is 19.2 Å². The Morgan fingerprint density at radius 2 is 1.62 bits per heavy atom. The quantitative estimate of drug-likeness (QED) is 0.391. The summed E-state index contributed by atoms with van der Waals surface area (Å²) in [6.45, 7) is 2.67. The van der Waals surface area contributed by atoms with Crippen molar-refractivity contribution in [1.29, 1.82) is 0 Å². The molecule has 0 saturated carbocycles. The van der Waals surface area contributed by atoms with Crippen molar-refractivity contribution in [3.63, 3.8) is 0 Å². The third-order valence-electron chi connectivity index (χ3n) is 3.57. The summed E-state index contributed by atoms with van der Waals surface area (Å²) in [6.07, 6.45) is 3.32. The van der Waals surface area contributed by atoms with Crippen molar-refractivity contribution in [2.24, 2.45) is 0 Å². The van der Waals surface area contributed by atoms with Crippen LogP contribution in [0.25, 0.3) is 0 Å². The molecule has 1 amide bonds. The topological polar surface area (TPSA) is 90.7 Å². The van der Waals surface area contributed by atoms with E-state index in [4.69, 9.17) is 9.47 Å². The number of rotatable bonds is 10. The van der Waals surface area contributed by atoms with Gasteiger partial charge >= 0.3 is 0 Å². The molecule has 0 aromatic heterocycles. The van der Waals surface area contributed by atoms with E-state index in [1.807, 2.05) is 0 Å². The number of hydrogen-bond donors (Lipinski definition) is 1. The Morgan fingerprint density at radius 1 is 1.00 bits per heavy atom. The largest absolute Gasteiger partial charge is 0.494 e. The number of nitrogens with one attached hydrogen (secondary N) is 1. The standard InChI is InChI=1S/C19H22N2O5/c1-2-3-4-13-25-17-9-11-18(12-10-17)26-14-19(22)20-15-5-7-16(8-6-15)21(23)24/h5-12H,2-4,13-14H2,1H3,(H,20,22). The van der Waals surface area contributed by atoms with Gasteiger partial charge in [0.2, 0.25) is 0 Å². The molecule has 7 heteroatoms. The van der Waals surface area contributed by atoms with Crippen LogP contribution in [0.5, 0.6) is 11.5 Å². The molecule has 0 fully saturated rings. The Hall–Kier alpha value is -3.09. The lowest BCUT2D eigenvalue weighted by molar-refractivity contribution is -0.384. The van der Waals surface area contributed by atoms with E-state index in [0.29, 0.717) is 18.0 Å². The second-order valence-electron chi connectivity index (χ2n) is 5.67. The zero-order valence-electron chi connectivity index (χ0n) is 14.6. The lowest BCUT2D eigenvalue weighted by Gasteiger charge is -2.09. The molecule has 1 N–H and O–H groups in total. The van der Waals surface area contributed by atoms with Gasteiger partial charge in [0.05, 0.1) is 11.5 Å². The molecule has 2 aromatic carbocycles. The molecule has 7 nitrogen and oxygen atoms in total. The number of carbonyl (C=O) groups is 1. The number of unbranched alkanes of at least 4 members (excludes halogenated alkanes) is 2. The van der Waals surface area contributed by atoms with Crippen molar-refractivity contribution in [2.75, 3.05) is 18.5 Å². The summed E-state index contributed by atoms with van der Waals surface area (Å²) in [5, 5.41) is 13.2. The number of anilines is 1. The zero-order chi connectivity index (χ0) is 18.8. The van der Waals surface area contributed by atoms with Crippen LogP contribution in [0.15, 0.2) is 48.5 Å². The highest BCUT2D eigenvalue weighted by Crippen LogP contribution is 2.18. The Balaban J connectivity index is 1.75. The predicted molar refractivity (Wildman–Crippen MR) is 98.7 cm³/mol. The van der Waals surface area contributed by atoms with E-state index in [1.165, 1.54) is 24.3 Å². The Labute approximate surface area is 152 Å². The van der Waals surface area contributed by atoms with E-state index in [-0.39, 0.29) is 18.2 Å². The molecule has 26 heavy (non-hydrogen) atoms. The van der Waals surface area contributed by atoms with Gasteiger partial charge in [-0.15, -0.1) is 0 Å². The van der Waals surface area contributed by atoms with Crippen molar-refractivity contribution in [3.8, 4) is 11.5 Å². The van der Waals surface area contributed by atoms with Crippen LogP contribution in [0.2, 0.25) is 0 Å². The number of benzene rings is 2. The van der Waals surface area contributed by atoms with Gasteiger partial charge in [-0.3, -0.25) is 14.9 Å². The second-order valence-corrected chi connectivity index (χ2v) is 5.67. The van der Waals surface area contributed by atoms with Crippen LogP contribution < -0.4 is 14.8 Å². The summed E-state index contributed by atoms with van der Waals surface area (Å²) in [6, 6.07) is 12.7. The minimum atomic E-state index is -0.494.